The molecule has 39 heavy (non-hydrogen) atoms. The topological polar surface area (TPSA) is 108 Å². The molecule has 1 fully saturated rings. The van der Waals surface area contributed by atoms with Crippen LogP contribution in [0.25, 0.3) is 5.76 Å². The molecule has 2 aliphatic rings. The van der Waals surface area contributed by atoms with E-state index in [0.29, 0.717) is 32.7 Å². The molecule has 2 amide bonds. The maximum Gasteiger partial charge on any atom is 0.412 e. The quantitative estimate of drug-likeness (QED) is 0.189. The molecular formula is C29H25Cl2N3O5. The van der Waals surface area contributed by atoms with Gasteiger partial charge in [-0.15, -0.1) is 0 Å². The fourth-order valence-corrected chi connectivity index (χ4v) is 5.37. The molecule has 3 aromatic rings. The first-order valence-electron chi connectivity index (χ1n) is 12.1. The van der Waals surface area contributed by atoms with Gasteiger partial charge in [-0.05, 0) is 63.2 Å². The molecule has 2 aliphatic heterocycles. The number of carbonyl (C=O) groups excluding carboxylic acids is 3. The van der Waals surface area contributed by atoms with Gasteiger partial charge in [0.2, 0.25) is 0 Å². The van der Waals surface area contributed by atoms with Gasteiger partial charge in [0, 0.05) is 44.8 Å². The van der Waals surface area contributed by atoms with E-state index in [-0.39, 0.29) is 17.7 Å². The van der Waals surface area contributed by atoms with Crippen molar-refractivity contribution in [2.24, 2.45) is 0 Å². The van der Waals surface area contributed by atoms with Gasteiger partial charge in [-0.1, -0.05) is 47.5 Å². The van der Waals surface area contributed by atoms with E-state index in [0.717, 1.165) is 0 Å². The first kappa shape index (κ1) is 26.6. The third-order valence-corrected chi connectivity index (χ3v) is 6.94. The number of Topliss-reactive ketones (excluding diaryl/α,β-unsaturated/α-hetero) is 1. The second-order valence-electron chi connectivity index (χ2n) is 10.3. The van der Waals surface area contributed by atoms with E-state index >= 15 is 0 Å². The SMILES string of the molecule is CC(C)(C)OC(=O)Nc1cccc(C(O)=C2C(=O)C(=O)N(c3cccc(Cl)c3)C23CNc2cc(Cl)ccc23)c1. The molecule has 0 saturated carbocycles. The molecule has 8 nitrogen and oxygen atoms in total. The number of benzene rings is 3. The molecule has 1 saturated heterocycles. The Balaban J connectivity index is 1.68. The van der Waals surface area contributed by atoms with Crippen LogP contribution < -0.4 is 15.5 Å². The molecule has 5 rings (SSSR count). The minimum Gasteiger partial charge on any atom is -0.507 e. The van der Waals surface area contributed by atoms with Crippen molar-refractivity contribution in [2.45, 2.75) is 31.9 Å². The Labute approximate surface area is 235 Å². The average molecular weight is 566 g/mol. The van der Waals surface area contributed by atoms with E-state index in [2.05, 4.69) is 10.6 Å². The Morgan fingerprint density at radius 2 is 1.74 bits per heavy atom. The van der Waals surface area contributed by atoms with Gasteiger partial charge in [0.25, 0.3) is 11.7 Å². The van der Waals surface area contributed by atoms with Gasteiger partial charge >= 0.3 is 6.09 Å². The first-order valence-corrected chi connectivity index (χ1v) is 12.9. The molecule has 3 aromatic carbocycles. The van der Waals surface area contributed by atoms with Crippen molar-refractivity contribution in [3.8, 4) is 0 Å². The average Bonchev–Trinajstić information content (AvgIpc) is 3.31. The molecule has 1 spiro atoms. The van der Waals surface area contributed by atoms with Crippen molar-refractivity contribution in [1.29, 1.82) is 0 Å². The van der Waals surface area contributed by atoms with Crippen LogP contribution in [0.5, 0.6) is 0 Å². The van der Waals surface area contributed by atoms with E-state index in [1.165, 1.54) is 11.0 Å². The van der Waals surface area contributed by atoms with E-state index in [1.54, 1.807) is 81.4 Å². The van der Waals surface area contributed by atoms with Crippen molar-refractivity contribution in [1.82, 2.24) is 0 Å². The summed E-state index contributed by atoms with van der Waals surface area (Å²) in [5, 5.41) is 18.4. The van der Waals surface area contributed by atoms with Crippen LogP contribution in [0.4, 0.5) is 21.9 Å². The molecule has 10 heteroatoms. The number of aliphatic hydroxyl groups is 1. The first-order chi connectivity index (χ1) is 18.4. The predicted molar refractivity (Wildman–Crippen MR) is 151 cm³/mol. The van der Waals surface area contributed by atoms with E-state index in [1.807, 2.05) is 0 Å². The Kier molecular flexibility index (Phi) is 6.56. The molecule has 0 bridgehead atoms. The van der Waals surface area contributed by atoms with Crippen LogP contribution in [0, 0.1) is 0 Å². The number of carbonyl (C=O) groups is 3. The molecule has 3 N–H and O–H groups in total. The third-order valence-electron chi connectivity index (χ3n) is 6.47. The molecule has 0 aliphatic carbocycles. The zero-order chi connectivity index (χ0) is 28.1. The summed E-state index contributed by atoms with van der Waals surface area (Å²) in [4.78, 5) is 40.9. The highest BCUT2D eigenvalue weighted by Gasteiger charge is 2.61. The van der Waals surface area contributed by atoms with E-state index in [9.17, 15) is 19.5 Å². The van der Waals surface area contributed by atoms with Gasteiger partial charge < -0.3 is 15.2 Å². The molecule has 1 atom stereocenters. The van der Waals surface area contributed by atoms with Crippen molar-refractivity contribution in [2.75, 3.05) is 22.1 Å². The van der Waals surface area contributed by atoms with Crippen LogP contribution in [-0.4, -0.2) is 35.0 Å². The molecule has 0 radical (unpaired) electrons. The normalized spacial score (nSPS) is 19.7. The maximum atomic E-state index is 13.7. The summed E-state index contributed by atoms with van der Waals surface area (Å²) in [7, 11) is 0. The lowest BCUT2D eigenvalue weighted by Crippen LogP contribution is -2.46. The fraction of sp³-hybridized carbons (Fsp3) is 0.207. The van der Waals surface area contributed by atoms with Crippen molar-refractivity contribution < 1.29 is 24.2 Å². The van der Waals surface area contributed by atoms with E-state index in [4.69, 9.17) is 27.9 Å². The zero-order valence-electron chi connectivity index (χ0n) is 21.3. The van der Waals surface area contributed by atoms with Crippen LogP contribution >= 0.6 is 23.2 Å². The van der Waals surface area contributed by atoms with Crippen LogP contribution in [-0.2, 0) is 19.9 Å². The number of fused-ring (bicyclic) bond motifs is 2. The summed E-state index contributed by atoms with van der Waals surface area (Å²) in [6.45, 7) is 5.33. The Morgan fingerprint density at radius 1 is 1.03 bits per heavy atom. The number of amides is 2. The van der Waals surface area contributed by atoms with E-state index < -0.39 is 34.7 Å². The summed E-state index contributed by atoms with van der Waals surface area (Å²) in [5.41, 5.74) is -0.0121. The van der Waals surface area contributed by atoms with Gasteiger partial charge in [0.05, 0.1) is 5.57 Å². The largest absolute Gasteiger partial charge is 0.507 e. The monoisotopic (exact) mass is 565 g/mol. The highest BCUT2D eigenvalue weighted by molar-refractivity contribution is 6.52. The predicted octanol–water partition coefficient (Wildman–Crippen LogP) is 6.55. The van der Waals surface area contributed by atoms with Gasteiger partial charge in [-0.25, -0.2) is 4.79 Å². The molecule has 1 unspecified atom stereocenters. The summed E-state index contributed by atoms with van der Waals surface area (Å²) < 4.78 is 5.31. The fourth-order valence-electron chi connectivity index (χ4n) is 5.01. The Bertz CT molecular complexity index is 1560. The third kappa shape index (κ3) is 4.70. The number of nitrogens with one attached hydrogen (secondary N) is 2. The number of hydrogen-bond donors (Lipinski definition) is 3. The van der Waals surface area contributed by atoms with Crippen LogP contribution in [0.15, 0.2) is 72.3 Å². The minimum atomic E-state index is -1.39. The lowest BCUT2D eigenvalue weighted by Gasteiger charge is -2.35. The van der Waals surface area contributed by atoms with Crippen molar-refractivity contribution in [3.05, 3.63) is 93.5 Å². The summed E-state index contributed by atoms with van der Waals surface area (Å²) in [6.07, 6.45) is -0.673. The standard InChI is InChI=1S/C29H25Cl2N3O5/c1-28(2,3)39-27(38)33-19-8-4-6-16(12-19)24(35)23-25(36)26(37)34(20-9-5-7-17(30)13-20)29(23)15-32-22-14-18(31)10-11-21(22)29/h4-14,32,35H,15H2,1-3H3,(H,33,38). The van der Waals surface area contributed by atoms with Crippen LogP contribution in [0.3, 0.4) is 0 Å². The van der Waals surface area contributed by atoms with Crippen molar-refractivity contribution >= 4 is 63.8 Å². The lowest BCUT2D eigenvalue weighted by atomic mass is 9.82. The summed E-state index contributed by atoms with van der Waals surface area (Å²) in [6, 6.07) is 18.0. The maximum absolute atomic E-state index is 13.7. The zero-order valence-corrected chi connectivity index (χ0v) is 22.9. The number of ketones is 1. The van der Waals surface area contributed by atoms with Gasteiger partial charge in [-0.2, -0.15) is 0 Å². The molecule has 0 aromatic heterocycles. The van der Waals surface area contributed by atoms with Gasteiger partial charge in [-0.3, -0.25) is 19.8 Å². The minimum absolute atomic E-state index is 0.0991. The number of rotatable bonds is 3. The Morgan fingerprint density at radius 3 is 2.46 bits per heavy atom. The second kappa shape index (κ2) is 9.63. The number of nitrogens with zero attached hydrogens (tertiary/aromatic N) is 1. The number of aliphatic hydroxyl groups excluding tert-OH is 1. The molecular weight excluding hydrogens is 541 g/mol. The Hall–Kier alpha value is -4.01. The lowest BCUT2D eigenvalue weighted by molar-refractivity contribution is -0.132. The highest BCUT2D eigenvalue weighted by Crippen LogP contribution is 2.52. The number of hydrogen-bond acceptors (Lipinski definition) is 6. The van der Waals surface area contributed by atoms with Crippen molar-refractivity contribution in [3.63, 3.8) is 0 Å². The number of ether oxygens (including phenoxy) is 1. The summed E-state index contributed by atoms with van der Waals surface area (Å²) >= 11 is 12.5. The summed E-state index contributed by atoms with van der Waals surface area (Å²) in [5.74, 6) is -2.07. The molecule has 2 heterocycles. The smallest absolute Gasteiger partial charge is 0.412 e. The van der Waals surface area contributed by atoms with Gasteiger partial charge in [0.15, 0.2) is 0 Å². The highest BCUT2D eigenvalue weighted by atomic mass is 35.5. The number of anilines is 3. The van der Waals surface area contributed by atoms with Crippen LogP contribution in [0.2, 0.25) is 10.0 Å². The molecule has 200 valence electrons. The van der Waals surface area contributed by atoms with Gasteiger partial charge in [0.1, 0.15) is 16.9 Å². The van der Waals surface area contributed by atoms with Crippen LogP contribution in [0.1, 0.15) is 31.9 Å². The second-order valence-corrected chi connectivity index (χ2v) is 11.2. The number of halogens is 2.